The number of benzene rings is 1. The molecule has 3 heterocycles. The fourth-order valence-electron chi connectivity index (χ4n) is 4.79. The molecule has 4 rings (SSSR count). The molecule has 2 amide bonds. The maximum Gasteiger partial charge on any atom is 0.322 e. The molecule has 0 unspecified atom stereocenters. The highest BCUT2D eigenvalue weighted by Crippen LogP contribution is 2.37. The standard InChI is InChI=1S/C25H33N7O3/c1-26-23(35-4)22(20-13-28-29-14-20)15-27-18-31-17-25(8-10-30(2)11-9-25)32(24(31)33)16-19-6-5-7-21(12-19)34-3/h5-7,12-15H,1,8-11,16-18H2,2-4H3,(H,28,29)/b23-22-,27-15-. The summed E-state index contributed by atoms with van der Waals surface area (Å²) in [4.78, 5) is 28.3. The van der Waals surface area contributed by atoms with Crippen LogP contribution >= 0.6 is 0 Å². The normalized spacial score (nSPS) is 18.9. The molecule has 1 aromatic carbocycles. The summed E-state index contributed by atoms with van der Waals surface area (Å²) in [6, 6.07) is 7.91. The number of piperidine rings is 1. The first-order valence-corrected chi connectivity index (χ1v) is 11.6. The molecule has 186 valence electrons. The van der Waals surface area contributed by atoms with Gasteiger partial charge in [-0.1, -0.05) is 12.1 Å². The third kappa shape index (κ3) is 5.22. The van der Waals surface area contributed by atoms with Crippen LogP contribution in [0.4, 0.5) is 4.79 Å². The van der Waals surface area contributed by atoms with Gasteiger partial charge in [-0.2, -0.15) is 5.10 Å². The van der Waals surface area contributed by atoms with Gasteiger partial charge in [0.1, 0.15) is 12.4 Å². The summed E-state index contributed by atoms with van der Waals surface area (Å²) in [5.41, 5.74) is 2.25. The number of allylic oxidation sites excluding steroid dienone is 1. The van der Waals surface area contributed by atoms with Gasteiger partial charge in [-0.15, -0.1) is 0 Å². The molecule has 0 bridgehead atoms. The number of rotatable bonds is 9. The van der Waals surface area contributed by atoms with Crippen molar-refractivity contribution < 1.29 is 14.3 Å². The van der Waals surface area contributed by atoms with E-state index in [0.29, 0.717) is 24.5 Å². The van der Waals surface area contributed by atoms with Gasteiger partial charge in [-0.25, -0.2) is 9.79 Å². The van der Waals surface area contributed by atoms with E-state index in [9.17, 15) is 4.79 Å². The number of hydrogen-bond acceptors (Lipinski definition) is 7. The molecular weight excluding hydrogens is 446 g/mol. The summed E-state index contributed by atoms with van der Waals surface area (Å²) < 4.78 is 10.7. The van der Waals surface area contributed by atoms with Gasteiger partial charge in [0, 0.05) is 44.2 Å². The first kappa shape index (κ1) is 24.5. The Hall–Kier alpha value is -3.66. The summed E-state index contributed by atoms with van der Waals surface area (Å²) in [5, 5.41) is 6.78. The van der Waals surface area contributed by atoms with E-state index in [4.69, 9.17) is 9.47 Å². The second kappa shape index (κ2) is 10.7. The number of carbonyl (C=O) groups excluding carboxylic acids is 1. The van der Waals surface area contributed by atoms with Gasteiger partial charge in [0.05, 0.1) is 31.5 Å². The molecule has 2 saturated heterocycles. The van der Waals surface area contributed by atoms with Crippen molar-refractivity contribution in [3.63, 3.8) is 0 Å². The largest absolute Gasteiger partial charge is 0.497 e. The second-order valence-electron chi connectivity index (χ2n) is 8.97. The monoisotopic (exact) mass is 479 g/mol. The molecule has 0 saturated carbocycles. The number of nitrogens with one attached hydrogen (secondary N) is 1. The van der Waals surface area contributed by atoms with Crippen molar-refractivity contribution in [3.05, 3.63) is 53.7 Å². The van der Waals surface area contributed by atoms with Gasteiger partial charge in [0.2, 0.25) is 5.88 Å². The number of ether oxygens (including phenoxy) is 2. The molecule has 2 aliphatic rings. The third-order valence-electron chi connectivity index (χ3n) is 6.80. The average Bonchev–Trinajstić information content (AvgIpc) is 3.49. The summed E-state index contributed by atoms with van der Waals surface area (Å²) >= 11 is 0. The number of amides is 2. The van der Waals surface area contributed by atoms with Crippen molar-refractivity contribution in [2.45, 2.75) is 24.9 Å². The summed E-state index contributed by atoms with van der Waals surface area (Å²) in [6.07, 6.45) is 6.91. The maximum absolute atomic E-state index is 13.6. The Bertz CT molecular complexity index is 1090. The molecular formula is C25H33N7O3. The highest BCUT2D eigenvalue weighted by Gasteiger charge is 2.50. The van der Waals surface area contributed by atoms with Crippen molar-refractivity contribution in [1.29, 1.82) is 0 Å². The molecule has 2 fully saturated rings. The third-order valence-corrected chi connectivity index (χ3v) is 6.80. The lowest BCUT2D eigenvalue weighted by Gasteiger charge is -2.43. The Morgan fingerprint density at radius 1 is 1.31 bits per heavy atom. The van der Waals surface area contributed by atoms with Crippen LogP contribution in [0.2, 0.25) is 0 Å². The maximum atomic E-state index is 13.6. The van der Waals surface area contributed by atoms with Crippen LogP contribution in [0.25, 0.3) is 5.57 Å². The van der Waals surface area contributed by atoms with E-state index in [-0.39, 0.29) is 18.2 Å². The van der Waals surface area contributed by atoms with Gasteiger partial charge in [-0.3, -0.25) is 10.1 Å². The first-order chi connectivity index (χ1) is 17.0. The van der Waals surface area contributed by atoms with Gasteiger partial charge in [0.15, 0.2) is 0 Å². The van der Waals surface area contributed by atoms with E-state index in [1.807, 2.05) is 34.1 Å². The molecule has 1 aromatic heterocycles. The summed E-state index contributed by atoms with van der Waals surface area (Å²) in [6.45, 7) is 6.90. The smallest absolute Gasteiger partial charge is 0.322 e. The lowest BCUT2D eigenvalue weighted by Crippen LogP contribution is -2.53. The molecule has 0 atom stereocenters. The van der Waals surface area contributed by atoms with Crippen molar-refractivity contribution in [2.75, 3.05) is 47.6 Å². The van der Waals surface area contributed by atoms with Crippen LogP contribution < -0.4 is 4.74 Å². The minimum absolute atomic E-state index is 0.00262. The Kier molecular flexibility index (Phi) is 7.50. The quantitative estimate of drug-likeness (QED) is 0.441. The Morgan fingerprint density at radius 2 is 2.11 bits per heavy atom. The van der Waals surface area contributed by atoms with E-state index in [1.54, 1.807) is 25.7 Å². The van der Waals surface area contributed by atoms with Crippen LogP contribution in [0.1, 0.15) is 24.0 Å². The van der Waals surface area contributed by atoms with Crippen LogP contribution in [0.15, 0.2) is 52.5 Å². The average molecular weight is 480 g/mol. The van der Waals surface area contributed by atoms with Crippen LogP contribution in [0.3, 0.4) is 0 Å². The van der Waals surface area contributed by atoms with E-state index in [1.165, 1.54) is 7.11 Å². The summed E-state index contributed by atoms with van der Waals surface area (Å²) in [5.74, 6) is 1.13. The van der Waals surface area contributed by atoms with Gasteiger partial charge in [-0.05, 0) is 44.3 Å². The van der Waals surface area contributed by atoms with Gasteiger partial charge in [0.25, 0.3) is 0 Å². The Morgan fingerprint density at radius 3 is 2.77 bits per heavy atom. The van der Waals surface area contributed by atoms with Crippen LogP contribution in [0.5, 0.6) is 5.75 Å². The van der Waals surface area contributed by atoms with Crippen molar-refractivity contribution in [3.8, 4) is 5.75 Å². The number of urea groups is 1. The zero-order chi connectivity index (χ0) is 24.8. The van der Waals surface area contributed by atoms with Gasteiger partial charge < -0.3 is 24.2 Å². The van der Waals surface area contributed by atoms with E-state index >= 15 is 0 Å². The van der Waals surface area contributed by atoms with Gasteiger partial charge >= 0.3 is 6.03 Å². The molecule has 10 heteroatoms. The predicted octanol–water partition coefficient (Wildman–Crippen LogP) is 2.86. The number of hydrogen-bond donors (Lipinski definition) is 1. The molecule has 10 nitrogen and oxygen atoms in total. The zero-order valence-electron chi connectivity index (χ0n) is 20.6. The lowest BCUT2D eigenvalue weighted by molar-refractivity contribution is 0.0814. The number of likely N-dealkylation sites (tertiary alicyclic amines) is 1. The molecule has 2 aromatic rings. The molecule has 2 aliphatic heterocycles. The number of aliphatic imine (C=N–C) groups is 2. The molecule has 1 N–H and O–H groups in total. The zero-order valence-corrected chi connectivity index (χ0v) is 20.6. The fourth-order valence-corrected chi connectivity index (χ4v) is 4.79. The Balaban J connectivity index is 1.56. The lowest BCUT2D eigenvalue weighted by atomic mass is 9.86. The van der Waals surface area contributed by atoms with E-state index in [2.05, 4.69) is 38.8 Å². The molecule has 0 aliphatic carbocycles. The number of methoxy groups -OCH3 is 2. The van der Waals surface area contributed by atoms with Crippen molar-refractivity contribution in [1.82, 2.24) is 24.9 Å². The van der Waals surface area contributed by atoms with Crippen LogP contribution in [-0.2, 0) is 11.3 Å². The van der Waals surface area contributed by atoms with E-state index < -0.39 is 0 Å². The van der Waals surface area contributed by atoms with Crippen LogP contribution in [-0.4, -0.2) is 97.0 Å². The number of aromatic amines is 1. The number of aromatic nitrogens is 2. The highest BCUT2D eigenvalue weighted by molar-refractivity contribution is 6.10. The number of nitrogens with zero attached hydrogens (tertiary/aromatic N) is 6. The highest BCUT2D eigenvalue weighted by atomic mass is 16.5. The van der Waals surface area contributed by atoms with E-state index in [0.717, 1.165) is 42.8 Å². The Labute approximate surface area is 205 Å². The van der Waals surface area contributed by atoms with Crippen molar-refractivity contribution in [2.24, 2.45) is 9.98 Å². The second-order valence-corrected chi connectivity index (χ2v) is 8.97. The fraction of sp³-hybridized carbons (Fsp3) is 0.440. The SMILES string of the molecule is C=N/C(OC)=C(\C=N/CN1CC2(CCN(C)CC2)N(Cc2cccc(OC)c2)C1=O)c1cn[nH]c1. The number of carbonyl (C=O) groups is 1. The minimum atomic E-state index is -0.216. The first-order valence-electron chi connectivity index (χ1n) is 11.6. The molecule has 1 spiro atoms. The topological polar surface area (TPSA) is 98.7 Å². The number of H-pyrrole nitrogens is 1. The van der Waals surface area contributed by atoms with Crippen LogP contribution in [0, 0.1) is 0 Å². The molecule has 35 heavy (non-hydrogen) atoms. The summed E-state index contributed by atoms with van der Waals surface area (Å²) in [7, 11) is 5.31. The predicted molar refractivity (Wildman–Crippen MR) is 136 cm³/mol. The minimum Gasteiger partial charge on any atom is -0.497 e. The van der Waals surface area contributed by atoms with Crippen molar-refractivity contribution >= 4 is 24.5 Å². The molecule has 0 radical (unpaired) electrons.